The quantitative estimate of drug-likeness (QED) is 0.938. The molecule has 0 aliphatic carbocycles. The van der Waals surface area contributed by atoms with Crippen molar-refractivity contribution >= 4 is 22.0 Å². The fraction of sp³-hybridized carbons (Fsp3) is 0.200. The Bertz CT molecular complexity index is 718. The predicted octanol–water partition coefficient (Wildman–Crippen LogP) is 3.02. The van der Waals surface area contributed by atoms with Crippen molar-refractivity contribution < 1.29 is 0 Å². The van der Waals surface area contributed by atoms with Gasteiger partial charge in [-0.3, -0.25) is 0 Å². The van der Waals surface area contributed by atoms with Gasteiger partial charge in [0.15, 0.2) is 0 Å². The summed E-state index contributed by atoms with van der Waals surface area (Å²) in [5.74, 6) is 0. The van der Waals surface area contributed by atoms with Crippen LogP contribution in [0, 0.1) is 29.6 Å². The van der Waals surface area contributed by atoms with E-state index < -0.39 is 0 Å². The van der Waals surface area contributed by atoms with Crippen LogP contribution in [0.15, 0.2) is 24.3 Å². The Morgan fingerprint density at radius 3 is 2.65 bits per heavy atom. The standard InChI is InChI=1S/C15H14N4S/c1-10-4-3-5-11(6-10)9-19(2)15-12(7-16)14(18)13(8-17)20-15/h3-6H,9,18H2,1-2H3. The molecule has 0 atom stereocenters. The topological polar surface area (TPSA) is 76.8 Å². The summed E-state index contributed by atoms with van der Waals surface area (Å²) in [7, 11) is 1.90. The molecule has 1 aromatic heterocycles. The average Bonchev–Trinajstić information content (AvgIpc) is 2.75. The molecule has 0 spiro atoms. The van der Waals surface area contributed by atoms with E-state index in [0.717, 1.165) is 10.6 Å². The van der Waals surface area contributed by atoms with Gasteiger partial charge in [0.2, 0.25) is 0 Å². The molecule has 0 amide bonds. The molecule has 0 aliphatic rings. The Balaban J connectivity index is 2.33. The van der Waals surface area contributed by atoms with Gasteiger partial charge >= 0.3 is 0 Å². The summed E-state index contributed by atoms with van der Waals surface area (Å²) in [5.41, 5.74) is 8.84. The minimum atomic E-state index is 0.283. The first kappa shape index (κ1) is 13.9. The van der Waals surface area contributed by atoms with E-state index in [9.17, 15) is 5.26 Å². The molecular weight excluding hydrogens is 268 g/mol. The van der Waals surface area contributed by atoms with E-state index in [0.29, 0.717) is 17.0 Å². The maximum absolute atomic E-state index is 9.21. The van der Waals surface area contributed by atoms with Crippen molar-refractivity contribution in [3.05, 3.63) is 45.8 Å². The van der Waals surface area contributed by atoms with E-state index in [4.69, 9.17) is 11.0 Å². The van der Waals surface area contributed by atoms with Crippen molar-refractivity contribution in [3.8, 4) is 12.1 Å². The first-order valence-electron chi connectivity index (χ1n) is 6.06. The fourth-order valence-electron chi connectivity index (χ4n) is 2.05. The molecular formula is C15H14N4S. The van der Waals surface area contributed by atoms with Gasteiger partial charge in [-0.2, -0.15) is 10.5 Å². The molecule has 20 heavy (non-hydrogen) atoms. The zero-order chi connectivity index (χ0) is 14.7. The summed E-state index contributed by atoms with van der Waals surface area (Å²) in [5, 5.41) is 19.0. The van der Waals surface area contributed by atoms with Gasteiger partial charge in [-0.25, -0.2) is 0 Å². The second-order valence-corrected chi connectivity index (χ2v) is 5.59. The van der Waals surface area contributed by atoms with Crippen LogP contribution in [0.5, 0.6) is 0 Å². The molecule has 5 heteroatoms. The van der Waals surface area contributed by atoms with Gasteiger partial charge in [-0.15, -0.1) is 11.3 Å². The van der Waals surface area contributed by atoms with Crippen LogP contribution in [0.2, 0.25) is 0 Å². The lowest BCUT2D eigenvalue weighted by atomic mass is 10.1. The highest BCUT2D eigenvalue weighted by molar-refractivity contribution is 7.17. The number of nitrogen functional groups attached to an aromatic ring is 1. The number of nitrogens with zero attached hydrogens (tertiary/aromatic N) is 3. The lowest BCUT2D eigenvalue weighted by Gasteiger charge is -2.18. The number of benzene rings is 1. The van der Waals surface area contributed by atoms with Gasteiger partial charge in [-0.1, -0.05) is 29.8 Å². The van der Waals surface area contributed by atoms with Crippen molar-refractivity contribution in [2.24, 2.45) is 0 Å². The molecule has 2 N–H and O–H groups in total. The van der Waals surface area contributed by atoms with Crippen molar-refractivity contribution in [1.82, 2.24) is 0 Å². The number of anilines is 2. The highest BCUT2D eigenvalue weighted by Gasteiger charge is 2.18. The van der Waals surface area contributed by atoms with Crippen LogP contribution in [0.1, 0.15) is 21.6 Å². The molecule has 0 bridgehead atoms. The maximum atomic E-state index is 9.21. The number of rotatable bonds is 3. The molecule has 2 rings (SSSR count). The Kier molecular flexibility index (Phi) is 3.93. The smallest absolute Gasteiger partial charge is 0.131 e. The minimum absolute atomic E-state index is 0.283. The Morgan fingerprint density at radius 2 is 2.05 bits per heavy atom. The third-order valence-electron chi connectivity index (χ3n) is 2.99. The molecule has 0 unspecified atom stereocenters. The van der Waals surface area contributed by atoms with Crippen LogP contribution in [0.4, 0.5) is 10.7 Å². The molecule has 2 aromatic rings. The summed E-state index contributed by atoms with van der Waals surface area (Å²) >= 11 is 1.26. The Morgan fingerprint density at radius 1 is 1.30 bits per heavy atom. The zero-order valence-corrected chi connectivity index (χ0v) is 12.2. The van der Waals surface area contributed by atoms with Crippen LogP contribution in [-0.2, 0) is 6.54 Å². The molecule has 0 radical (unpaired) electrons. The lowest BCUT2D eigenvalue weighted by Crippen LogP contribution is -2.16. The zero-order valence-electron chi connectivity index (χ0n) is 11.3. The van der Waals surface area contributed by atoms with E-state index in [1.165, 1.54) is 16.9 Å². The number of nitriles is 2. The van der Waals surface area contributed by atoms with Gasteiger partial charge in [0.25, 0.3) is 0 Å². The monoisotopic (exact) mass is 282 g/mol. The predicted molar refractivity (Wildman–Crippen MR) is 81.4 cm³/mol. The van der Waals surface area contributed by atoms with Gasteiger partial charge in [0.1, 0.15) is 27.6 Å². The Hall–Kier alpha value is -2.50. The number of thiophene rings is 1. The van der Waals surface area contributed by atoms with Gasteiger partial charge in [0, 0.05) is 13.6 Å². The summed E-state index contributed by atoms with van der Waals surface area (Å²) in [6.45, 7) is 2.71. The molecule has 0 saturated carbocycles. The van der Waals surface area contributed by atoms with E-state index in [1.54, 1.807) is 0 Å². The molecule has 1 heterocycles. The second-order valence-electron chi connectivity index (χ2n) is 4.59. The number of nitrogens with two attached hydrogens (primary N) is 1. The van der Waals surface area contributed by atoms with Gasteiger partial charge in [0.05, 0.1) is 5.69 Å². The van der Waals surface area contributed by atoms with Crippen LogP contribution < -0.4 is 10.6 Å². The first-order chi connectivity index (χ1) is 9.56. The third-order valence-corrected chi connectivity index (χ3v) is 4.21. The molecule has 4 nitrogen and oxygen atoms in total. The van der Waals surface area contributed by atoms with Crippen LogP contribution >= 0.6 is 11.3 Å². The Labute approximate surface area is 122 Å². The lowest BCUT2D eigenvalue weighted by molar-refractivity contribution is 0.931. The van der Waals surface area contributed by atoms with E-state index in [-0.39, 0.29) is 5.69 Å². The molecule has 0 saturated heterocycles. The maximum Gasteiger partial charge on any atom is 0.131 e. The second kappa shape index (κ2) is 5.64. The summed E-state index contributed by atoms with van der Waals surface area (Å²) in [6, 6.07) is 12.3. The molecule has 100 valence electrons. The van der Waals surface area contributed by atoms with Crippen molar-refractivity contribution in [2.45, 2.75) is 13.5 Å². The van der Waals surface area contributed by atoms with Crippen molar-refractivity contribution in [2.75, 3.05) is 17.7 Å². The normalized spacial score (nSPS) is 9.80. The highest BCUT2D eigenvalue weighted by Crippen LogP contribution is 2.37. The van der Waals surface area contributed by atoms with Crippen LogP contribution in [-0.4, -0.2) is 7.05 Å². The van der Waals surface area contributed by atoms with E-state index in [1.807, 2.05) is 43.1 Å². The summed E-state index contributed by atoms with van der Waals surface area (Å²) in [6.07, 6.45) is 0. The fourth-order valence-corrected chi connectivity index (χ4v) is 2.98. The average molecular weight is 282 g/mol. The molecule has 0 fully saturated rings. The first-order valence-corrected chi connectivity index (χ1v) is 6.87. The number of hydrogen-bond acceptors (Lipinski definition) is 5. The van der Waals surface area contributed by atoms with Crippen LogP contribution in [0.25, 0.3) is 0 Å². The highest BCUT2D eigenvalue weighted by atomic mass is 32.1. The van der Waals surface area contributed by atoms with E-state index >= 15 is 0 Å². The summed E-state index contributed by atoms with van der Waals surface area (Å²) in [4.78, 5) is 2.35. The van der Waals surface area contributed by atoms with Gasteiger partial charge < -0.3 is 10.6 Å². The van der Waals surface area contributed by atoms with Crippen molar-refractivity contribution in [3.63, 3.8) is 0 Å². The SMILES string of the molecule is Cc1cccc(CN(C)c2sc(C#N)c(N)c2C#N)c1. The van der Waals surface area contributed by atoms with Crippen LogP contribution in [0.3, 0.4) is 0 Å². The van der Waals surface area contributed by atoms with E-state index in [2.05, 4.69) is 12.1 Å². The molecule has 0 aliphatic heterocycles. The number of hydrogen-bond donors (Lipinski definition) is 1. The molecule has 1 aromatic carbocycles. The third kappa shape index (κ3) is 2.59. The van der Waals surface area contributed by atoms with Crippen molar-refractivity contribution in [1.29, 1.82) is 10.5 Å². The van der Waals surface area contributed by atoms with Gasteiger partial charge in [-0.05, 0) is 12.5 Å². The minimum Gasteiger partial charge on any atom is -0.396 e. The largest absolute Gasteiger partial charge is 0.396 e. The summed E-state index contributed by atoms with van der Waals surface area (Å²) < 4.78 is 0. The number of aryl methyl sites for hydroxylation is 1.